The number of rotatable bonds is 24. The number of hydrogen-bond acceptors (Lipinski definition) is 4. The summed E-state index contributed by atoms with van der Waals surface area (Å²) >= 11 is 0. The van der Waals surface area contributed by atoms with Gasteiger partial charge in [0, 0.05) is 12.5 Å². The Hall–Kier alpha value is -1.26. The van der Waals surface area contributed by atoms with Gasteiger partial charge in [-0.1, -0.05) is 129 Å². The maximum atomic E-state index is 12.4. The fraction of sp³-hybridized carbons (Fsp3) is 0.941. The minimum absolute atomic E-state index is 0.0753. The lowest BCUT2D eigenvalue weighted by Gasteiger charge is -2.35. The van der Waals surface area contributed by atoms with Gasteiger partial charge >= 0.3 is 12.1 Å². The summed E-state index contributed by atoms with van der Waals surface area (Å²) in [6, 6.07) is 0.111. The van der Waals surface area contributed by atoms with Crippen LogP contribution in [-0.2, 0) is 14.3 Å². The molecule has 1 rings (SSSR count). The summed E-state index contributed by atoms with van der Waals surface area (Å²) < 4.78 is 11.0. The second-order valence-electron chi connectivity index (χ2n) is 13.3. The first-order valence-electron chi connectivity index (χ1n) is 16.9. The minimum atomic E-state index is -0.489. The van der Waals surface area contributed by atoms with Crippen LogP contribution in [0, 0.1) is 11.8 Å². The van der Waals surface area contributed by atoms with Crippen LogP contribution in [0.5, 0.6) is 0 Å². The zero-order chi connectivity index (χ0) is 28.8. The summed E-state index contributed by atoms with van der Waals surface area (Å²) in [6.07, 6.45) is 27.1. The molecular weight excluding hydrogens is 486 g/mol. The fourth-order valence-corrected chi connectivity index (χ4v) is 5.70. The van der Waals surface area contributed by atoms with Gasteiger partial charge in [-0.05, 0) is 51.9 Å². The summed E-state index contributed by atoms with van der Waals surface area (Å²) in [5, 5.41) is 2.90. The van der Waals surface area contributed by atoms with E-state index in [2.05, 4.69) is 19.2 Å². The van der Waals surface area contributed by atoms with Gasteiger partial charge in [0.2, 0.25) is 0 Å². The molecule has 5 heteroatoms. The molecule has 0 spiro atoms. The molecule has 0 radical (unpaired) electrons. The molecule has 1 N–H and O–H groups in total. The van der Waals surface area contributed by atoms with Gasteiger partial charge in [0.05, 0.1) is 6.61 Å². The molecule has 39 heavy (non-hydrogen) atoms. The van der Waals surface area contributed by atoms with Crippen molar-refractivity contribution in [2.24, 2.45) is 11.8 Å². The molecule has 0 aromatic rings. The second-order valence-corrected chi connectivity index (χ2v) is 13.3. The maximum absolute atomic E-state index is 12.4. The molecule has 1 aliphatic rings. The van der Waals surface area contributed by atoms with Crippen LogP contribution in [0.15, 0.2) is 0 Å². The molecule has 1 saturated carbocycles. The molecule has 1 aliphatic carbocycles. The van der Waals surface area contributed by atoms with Crippen molar-refractivity contribution in [2.75, 3.05) is 6.61 Å². The largest absolute Gasteiger partial charge is 0.466 e. The standard InChI is InChI=1S/C34H65NO4/c1-6-8-10-12-14-16-18-20-22-29(23-21-19-17-15-13-11-9-7-2)24-25-38-32(36)28-30-26-31(27-30)35-33(37)39-34(3,4)5/h29-31H,6-28H2,1-5H3,(H,35,37). The number of hydrogen-bond donors (Lipinski definition) is 1. The predicted octanol–water partition coefficient (Wildman–Crippen LogP) is 10.3. The van der Waals surface area contributed by atoms with Crippen molar-refractivity contribution in [2.45, 2.75) is 188 Å². The van der Waals surface area contributed by atoms with E-state index >= 15 is 0 Å². The molecule has 230 valence electrons. The minimum Gasteiger partial charge on any atom is -0.466 e. The molecule has 0 aliphatic heterocycles. The highest BCUT2D eigenvalue weighted by atomic mass is 16.6. The number of amides is 1. The van der Waals surface area contributed by atoms with E-state index in [0.717, 1.165) is 19.3 Å². The molecule has 5 nitrogen and oxygen atoms in total. The van der Waals surface area contributed by atoms with Crippen LogP contribution >= 0.6 is 0 Å². The Bertz CT molecular complexity index is 589. The molecule has 1 fully saturated rings. The van der Waals surface area contributed by atoms with Gasteiger partial charge in [0.15, 0.2) is 0 Å². The number of alkyl carbamates (subject to hydrolysis) is 1. The molecule has 0 bridgehead atoms. The smallest absolute Gasteiger partial charge is 0.407 e. The zero-order valence-corrected chi connectivity index (χ0v) is 26.6. The molecule has 0 atom stereocenters. The van der Waals surface area contributed by atoms with E-state index < -0.39 is 5.60 Å². The highest BCUT2D eigenvalue weighted by molar-refractivity contribution is 5.70. The average molecular weight is 552 g/mol. The molecule has 0 aromatic carbocycles. The third-order valence-corrected chi connectivity index (χ3v) is 8.13. The van der Waals surface area contributed by atoms with E-state index in [9.17, 15) is 9.59 Å². The van der Waals surface area contributed by atoms with Crippen molar-refractivity contribution in [1.82, 2.24) is 5.32 Å². The topological polar surface area (TPSA) is 64.6 Å². The van der Waals surface area contributed by atoms with Gasteiger partial charge in [-0.2, -0.15) is 0 Å². The number of nitrogens with one attached hydrogen (secondary N) is 1. The van der Waals surface area contributed by atoms with Gasteiger partial charge in [-0.15, -0.1) is 0 Å². The Morgan fingerprint density at radius 2 is 1.18 bits per heavy atom. The summed E-state index contributed by atoms with van der Waals surface area (Å²) in [7, 11) is 0. The zero-order valence-electron chi connectivity index (χ0n) is 26.6. The van der Waals surface area contributed by atoms with E-state index in [1.54, 1.807) is 0 Å². The maximum Gasteiger partial charge on any atom is 0.407 e. The number of unbranched alkanes of at least 4 members (excludes halogenated alkanes) is 14. The Morgan fingerprint density at radius 1 is 0.718 bits per heavy atom. The van der Waals surface area contributed by atoms with Crippen LogP contribution in [0.2, 0.25) is 0 Å². The van der Waals surface area contributed by atoms with Gasteiger partial charge in [-0.25, -0.2) is 4.79 Å². The van der Waals surface area contributed by atoms with Gasteiger partial charge < -0.3 is 14.8 Å². The lowest BCUT2D eigenvalue weighted by atomic mass is 9.78. The lowest BCUT2D eigenvalue weighted by molar-refractivity contribution is -0.146. The van der Waals surface area contributed by atoms with Crippen molar-refractivity contribution < 1.29 is 19.1 Å². The van der Waals surface area contributed by atoms with Crippen LogP contribution in [0.4, 0.5) is 4.79 Å². The Labute approximate surface area is 242 Å². The highest BCUT2D eigenvalue weighted by Gasteiger charge is 2.33. The second kappa shape index (κ2) is 22.4. The lowest BCUT2D eigenvalue weighted by Crippen LogP contribution is -2.46. The first-order chi connectivity index (χ1) is 18.7. The first-order valence-corrected chi connectivity index (χ1v) is 16.9. The summed E-state index contributed by atoms with van der Waals surface area (Å²) in [5.41, 5.74) is -0.489. The number of ether oxygens (including phenoxy) is 2. The van der Waals surface area contributed by atoms with Crippen LogP contribution < -0.4 is 5.32 Å². The molecule has 0 saturated heterocycles. The van der Waals surface area contributed by atoms with Crippen LogP contribution in [0.3, 0.4) is 0 Å². The SMILES string of the molecule is CCCCCCCCCCC(CCCCCCCCCC)CCOC(=O)CC1CC(NC(=O)OC(C)(C)C)C1. The fourth-order valence-electron chi connectivity index (χ4n) is 5.70. The number of carbonyl (C=O) groups is 2. The number of carbonyl (C=O) groups excluding carboxylic acids is 2. The van der Waals surface area contributed by atoms with Crippen molar-refractivity contribution in [3.8, 4) is 0 Å². The Balaban J connectivity index is 2.23. The first kappa shape index (κ1) is 35.8. The molecule has 0 aromatic heterocycles. The van der Waals surface area contributed by atoms with Crippen molar-refractivity contribution in [3.63, 3.8) is 0 Å². The van der Waals surface area contributed by atoms with Crippen LogP contribution in [-0.4, -0.2) is 30.3 Å². The third-order valence-electron chi connectivity index (χ3n) is 8.13. The summed E-state index contributed by atoms with van der Waals surface area (Å²) in [5.74, 6) is 0.917. The molecule has 0 unspecified atom stereocenters. The van der Waals surface area contributed by atoms with E-state index in [0.29, 0.717) is 24.9 Å². The normalized spacial score (nSPS) is 17.2. The van der Waals surface area contributed by atoms with Crippen molar-refractivity contribution in [3.05, 3.63) is 0 Å². The quantitative estimate of drug-likeness (QED) is 0.0957. The third kappa shape index (κ3) is 21.2. The highest BCUT2D eigenvalue weighted by Crippen LogP contribution is 2.31. The Kier molecular flexibility index (Phi) is 20.6. The molecular formula is C34H65NO4. The van der Waals surface area contributed by atoms with Gasteiger partial charge in [-0.3, -0.25) is 4.79 Å². The van der Waals surface area contributed by atoms with E-state index in [1.807, 2.05) is 20.8 Å². The molecule has 1 amide bonds. The van der Waals surface area contributed by atoms with E-state index in [-0.39, 0.29) is 18.1 Å². The summed E-state index contributed by atoms with van der Waals surface area (Å²) in [4.78, 5) is 24.3. The van der Waals surface area contributed by atoms with E-state index in [1.165, 1.54) is 116 Å². The van der Waals surface area contributed by atoms with Gasteiger partial charge in [0.25, 0.3) is 0 Å². The Morgan fingerprint density at radius 3 is 1.64 bits per heavy atom. The van der Waals surface area contributed by atoms with Crippen molar-refractivity contribution in [1.29, 1.82) is 0 Å². The number of esters is 1. The van der Waals surface area contributed by atoms with Crippen molar-refractivity contribution >= 4 is 12.1 Å². The van der Waals surface area contributed by atoms with Crippen LogP contribution in [0.1, 0.15) is 176 Å². The average Bonchev–Trinajstić information content (AvgIpc) is 2.84. The predicted molar refractivity (Wildman–Crippen MR) is 164 cm³/mol. The van der Waals surface area contributed by atoms with Crippen LogP contribution in [0.25, 0.3) is 0 Å². The van der Waals surface area contributed by atoms with E-state index in [4.69, 9.17) is 9.47 Å². The van der Waals surface area contributed by atoms with Gasteiger partial charge in [0.1, 0.15) is 5.60 Å². The monoisotopic (exact) mass is 551 g/mol. The molecule has 0 heterocycles. The summed E-state index contributed by atoms with van der Waals surface area (Å²) in [6.45, 7) is 10.7.